The molecule has 9 nitrogen and oxygen atoms in total. The lowest BCUT2D eigenvalue weighted by Crippen LogP contribution is -2.33. The summed E-state index contributed by atoms with van der Waals surface area (Å²) in [6.07, 6.45) is -2.06. The highest BCUT2D eigenvalue weighted by molar-refractivity contribution is 5.83. The zero-order valence-corrected chi connectivity index (χ0v) is 22.6. The summed E-state index contributed by atoms with van der Waals surface area (Å²) >= 11 is 0. The monoisotopic (exact) mass is 553 g/mol. The summed E-state index contributed by atoms with van der Waals surface area (Å²) in [6, 6.07) is 9.38. The van der Waals surface area contributed by atoms with Gasteiger partial charge in [0.2, 0.25) is 0 Å². The molecule has 210 valence electrons. The van der Waals surface area contributed by atoms with E-state index in [0.29, 0.717) is 29.3 Å². The third-order valence-electron chi connectivity index (χ3n) is 7.31. The van der Waals surface area contributed by atoms with Crippen molar-refractivity contribution >= 4 is 11.0 Å². The van der Waals surface area contributed by atoms with Gasteiger partial charge in [0, 0.05) is 31.1 Å². The largest absolute Gasteiger partial charge is 0.493 e. The average molecular weight is 554 g/mol. The van der Waals surface area contributed by atoms with Crippen molar-refractivity contribution in [3.05, 3.63) is 53.0 Å². The van der Waals surface area contributed by atoms with Crippen LogP contribution in [0.5, 0.6) is 5.75 Å². The predicted octanol–water partition coefficient (Wildman–Crippen LogP) is 5.71. The van der Waals surface area contributed by atoms with Gasteiger partial charge < -0.3 is 9.26 Å². The van der Waals surface area contributed by atoms with E-state index in [-0.39, 0.29) is 29.3 Å². The van der Waals surface area contributed by atoms with Crippen molar-refractivity contribution in [2.45, 2.75) is 51.7 Å². The number of aryl methyl sites for hydroxylation is 1. The van der Waals surface area contributed by atoms with Crippen LogP contribution in [0.2, 0.25) is 0 Å². The molecule has 0 N–H and O–H groups in total. The summed E-state index contributed by atoms with van der Waals surface area (Å²) < 4.78 is 54.5. The first-order valence-corrected chi connectivity index (χ1v) is 13.2. The van der Waals surface area contributed by atoms with Gasteiger partial charge in [0.05, 0.1) is 29.1 Å². The van der Waals surface area contributed by atoms with Crippen molar-refractivity contribution in [1.82, 2.24) is 30.0 Å². The Kier molecular flexibility index (Phi) is 7.76. The SMILES string of the molecule is CC(C)c1cc(CN2CCC(CCOc3ccc(-c4cc5c(nnn5C)c(C#N)n4)cc3C(F)(F)F)CC2)no1. The van der Waals surface area contributed by atoms with Gasteiger partial charge in [-0.3, -0.25) is 4.90 Å². The van der Waals surface area contributed by atoms with E-state index < -0.39 is 11.7 Å². The summed E-state index contributed by atoms with van der Waals surface area (Å²) in [7, 11) is 1.64. The molecule has 1 aromatic carbocycles. The summed E-state index contributed by atoms with van der Waals surface area (Å²) in [5, 5.41) is 21.4. The highest BCUT2D eigenvalue weighted by Gasteiger charge is 2.35. The lowest BCUT2D eigenvalue weighted by molar-refractivity contribution is -0.138. The molecule has 0 aliphatic carbocycles. The smallest absolute Gasteiger partial charge is 0.419 e. The van der Waals surface area contributed by atoms with Crippen molar-refractivity contribution in [3.63, 3.8) is 0 Å². The summed E-state index contributed by atoms with van der Waals surface area (Å²) in [5.41, 5.74) is 1.29. The zero-order valence-electron chi connectivity index (χ0n) is 22.6. The number of rotatable bonds is 8. The van der Waals surface area contributed by atoms with Crippen LogP contribution in [-0.4, -0.2) is 49.7 Å². The van der Waals surface area contributed by atoms with Crippen LogP contribution < -0.4 is 4.74 Å². The van der Waals surface area contributed by atoms with Gasteiger partial charge in [0.1, 0.15) is 23.1 Å². The number of nitrogens with zero attached hydrogens (tertiary/aromatic N) is 7. The lowest BCUT2D eigenvalue weighted by Gasteiger charge is -2.31. The van der Waals surface area contributed by atoms with Crippen LogP contribution in [0.1, 0.15) is 61.7 Å². The van der Waals surface area contributed by atoms with Gasteiger partial charge in [-0.2, -0.15) is 18.4 Å². The standard InChI is InChI=1S/C28H30F3N7O2/c1-17(2)26-13-20(35-40-26)16-38-9-6-18(7-10-38)8-11-39-25-5-4-19(12-21(25)28(29,30)31)22-14-24-27(23(15-32)33-22)34-36-37(24)3/h4-5,12-14,17-18H,6-11,16H2,1-3H3. The lowest BCUT2D eigenvalue weighted by atomic mass is 9.94. The molecule has 12 heteroatoms. The zero-order chi connectivity index (χ0) is 28.4. The molecular weight excluding hydrogens is 523 g/mol. The molecule has 40 heavy (non-hydrogen) atoms. The van der Waals surface area contributed by atoms with E-state index in [9.17, 15) is 18.4 Å². The fourth-order valence-corrected chi connectivity index (χ4v) is 4.97. The highest BCUT2D eigenvalue weighted by atomic mass is 19.4. The molecule has 0 amide bonds. The number of benzene rings is 1. The molecule has 4 heterocycles. The minimum absolute atomic E-state index is 0.00173. The van der Waals surface area contributed by atoms with Crippen LogP contribution in [0.25, 0.3) is 22.3 Å². The van der Waals surface area contributed by atoms with Gasteiger partial charge in [0.15, 0.2) is 5.69 Å². The molecule has 5 rings (SSSR count). The maximum Gasteiger partial charge on any atom is 0.419 e. The molecule has 0 atom stereocenters. The second-order valence-electron chi connectivity index (χ2n) is 10.5. The Balaban J connectivity index is 1.21. The number of aromatic nitrogens is 5. The number of fused-ring (bicyclic) bond motifs is 1. The van der Waals surface area contributed by atoms with Gasteiger partial charge in [-0.15, -0.1) is 5.10 Å². The van der Waals surface area contributed by atoms with Crippen molar-refractivity contribution < 1.29 is 22.4 Å². The Hall–Kier alpha value is -3.98. The number of halogens is 3. The molecule has 0 radical (unpaired) electrons. The van der Waals surface area contributed by atoms with E-state index >= 15 is 0 Å². The van der Waals surface area contributed by atoms with Crippen LogP contribution in [0.15, 0.2) is 34.9 Å². The first-order valence-electron chi connectivity index (χ1n) is 13.2. The molecule has 0 spiro atoms. The van der Waals surface area contributed by atoms with Crippen molar-refractivity contribution in [3.8, 4) is 23.1 Å². The highest BCUT2D eigenvalue weighted by Crippen LogP contribution is 2.39. The Bertz CT molecular complexity index is 1530. The van der Waals surface area contributed by atoms with Crippen LogP contribution in [0, 0.1) is 17.2 Å². The minimum Gasteiger partial charge on any atom is -0.493 e. The van der Waals surface area contributed by atoms with Crippen LogP contribution >= 0.6 is 0 Å². The van der Waals surface area contributed by atoms with Crippen LogP contribution in [0.4, 0.5) is 13.2 Å². The second kappa shape index (κ2) is 11.3. The van der Waals surface area contributed by atoms with E-state index in [1.165, 1.54) is 16.8 Å². The van der Waals surface area contributed by atoms with E-state index in [1.54, 1.807) is 13.1 Å². The number of hydrogen-bond acceptors (Lipinski definition) is 8. The minimum atomic E-state index is -4.62. The molecule has 0 saturated carbocycles. The Morgan fingerprint density at radius 3 is 2.62 bits per heavy atom. The van der Waals surface area contributed by atoms with Crippen LogP contribution in [-0.2, 0) is 19.8 Å². The number of hydrogen-bond donors (Lipinski definition) is 0. The molecular formula is C28H30F3N7O2. The van der Waals surface area contributed by atoms with Crippen molar-refractivity contribution in [1.29, 1.82) is 5.26 Å². The van der Waals surface area contributed by atoms with Crippen molar-refractivity contribution in [2.75, 3.05) is 19.7 Å². The predicted molar refractivity (Wildman–Crippen MR) is 140 cm³/mol. The summed E-state index contributed by atoms with van der Waals surface area (Å²) in [4.78, 5) is 6.55. The molecule has 1 aliphatic rings. The number of piperidine rings is 1. The molecule has 4 aromatic rings. The molecule has 0 bridgehead atoms. The first kappa shape index (κ1) is 27.6. The van der Waals surface area contributed by atoms with Gasteiger partial charge in [-0.1, -0.05) is 24.2 Å². The fourth-order valence-electron chi connectivity index (χ4n) is 4.97. The molecule has 1 saturated heterocycles. The summed E-state index contributed by atoms with van der Waals surface area (Å²) in [6.45, 7) is 6.84. The third-order valence-corrected chi connectivity index (χ3v) is 7.31. The van der Waals surface area contributed by atoms with Crippen LogP contribution in [0.3, 0.4) is 0 Å². The van der Waals surface area contributed by atoms with E-state index in [2.05, 4.69) is 39.2 Å². The Morgan fingerprint density at radius 2 is 1.95 bits per heavy atom. The van der Waals surface area contributed by atoms with E-state index in [4.69, 9.17) is 9.26 Å². The number of nitriles is 1. The van der Waals surface area contributed by atoms with E-state index in [1.807, 2.05) is 12.1 Å². The third kappa shape index (κ3) is 5.94. The quantitative estimate of drug-likeness (QED) is 0.273. The number of likely N-dealkylation sites (tertiary alicyclic amines) is 1. The normalized spacial score (nSPS) is 15.2. The summed E-state index contributed by atoms with van der Waals surface area (Å²) in [5.74, 6) is 1.33. The van der Waals surface area contributed by atoms with Gasteiger partial charge >= 0.3 is 6.18 Å². The maximum atomic E-state index is 14.0. The molecule has 1 fully saturated rings. The van der Waals surface area contributed by atoms with Gasteiger partial charge in [-0.05, 0) is 62.5 Å². The topological polar surface area (TPSA) is 106 Å². The fraction of sp³-hybridized carbons (Fsp3) is 0.464. The average Bonchev–Trinajstić information content (AvgIpc) is 3.55. The van der Waals surface area contributed by atoms with Gasteiger partial charge in [-0.25, -0.2) is 9.67 Å². The molecule has 0 unspecified atom stereocenters. The van der Waals surface area contributed by atoms with E-state index in [0.717, 1.165) is 50.0 Å². The Labute approximate surface area is 229 Å². The number of alkyl halides is 3. The molecule has 1 aliphatic heterocycles. The number of pyridine rings is 1. The maximum absolute atomic E-state index is 14.0. The van der Waals surface area contributed by atoms with Gasteiger partial charge in [0.25, 0.3) is 0 Å². The molecule has 3 aromatic heterocycles. The van der Waals surface area contributed by atoms with Crippen molar-refractivity contribution in [2.24, 2.45) is 13.0 Å². The second-order valence-corrected chi connectivity index (χ2v) is 10.5. The Morgan fingerprint density at radius 1 is 1.18 bits per heavy atom. The number of ether oxygens (including phenoxy) is 1. The first-order chi connectivity index (χ1) is 19.1.